The van der Waals surface area contributed by atoms with Crippen LogP contribution in [0.25, 0.3) is 0 Å². The molecular formula is C19H21ClN2O2. The molecule has 0 fully saturated rings. The lowest BCUT2D eigenvalue weighted by Gasteiger charge is -2.11. The van der Waals surface area contributed by atoms with E-state index in [0.717, 1.165) is 23.4 Å². The molecule has 0 atom stereocenters. The van der Waals surface area contributed by atoms with Gasteiger partial charge in [-0.05, 0) is 68.3 Å². The molecule has 0 saturated carbocycles. The van der Waals surface area contributed by atoms with Gasteiger partial charge < -0.3 is 9.64 Å². The third-order valence-electron chi connectivity index (χ3n) is 3.68. The molecule has 0 saturated heterocycles. The third-order valence-corrected chi connectivity index (χ3v) is 3.93. The Morgan fingerprint density at radius 2 is 1.88 bits per heavy atom. The molecule has 0 spiro atoms. The van der Waals surface area contributed by atoms with Crippen LogP contribution < -0.4 is 4.74 Å². The Labute approximate surface area is 147 Å². The Morgan fingerprint density at radius 1 is 1.21 bits per heavy atom. The van der Waals surface area contributed by atoms with Crippen LogP contribution in [-0.2, 0) is 0 Å². The minimum Gasteiger partial charge on any atom is -0.423 e. The molecule has 0 aromatic heterocycles. The molecule has 2 rings (SSSR count). The molecule has 0 bridgehead atoms. The number of hydrogen-bond donors (Lipinski definition) is 0. The van der Waals surface area contributed by atoms with Crippen LogP contribution in [0, 0.1) is 13.8 Å². The van der Waals surface area contributed by atoms with Gasteiger partial charge in [0.2, 0.25) is 0 Å². The maximum atomic E-state index is 12.4. The summed E-state index contributed by atoms with van der Waals surface area (Å²) in [7, 11) is 1.96. The molecule has 24 heavy (non-hydrogen) atoms. The van der Waals surface area contributed by atoms with Gasteiger partial charge in [-0.1, -0.05) is 11.6 Å². The number of carbonyl (C=O) groups excluding carboxylic acids is 1. The van der Waals surface area contributed by atoms with Crippen molar-refractivity contribution in [1.82, 2.24) is 4.90 Å². The van der Waals surface area contributed by atoms with Gasteiger partial charge in [0.05, 0.1) is 17.6 Å². The Morgan fingerprint density at radius 3 is 2.50 bits per heavy atom. The number of nitrogens with zero attached hydrogens (tertiary/aromatic N) is 2. The molecule has 126 valence electrons. The zero-order valence-corrected chi connectivity index (χ0v) is 15.1. The predicted molar refractivity (Wildman–Crippen MR) is 98.8 cm³/mol. The van der Waals surface area contributed by atoms with Crippen LogP contribution >= 0.6 is 11.6 Å². The first-order valence-electron chi connectivity index (χ1n) is 7.74. The van der Waals surface area contributed by atoms with Gasteiger partial charge in [0.25, 0.3) is 0 Å². The van der Waals surface area contributed by atoms with Gasteiger partial charge in [0.15, 0.2) is 0 Å². The number of hydrogen-bond acceptors (Lipinski definition) is 3. The maximum Gasteiger partial charge on any atom is 0.343 e. The fraction of sp³-hybridized carbons (Fsp3) is 0.263. The number of benzene rings is 2. The number of ether oxygens (including phenoxy) is 1. The third kappa shape index (κ3) is 4.59. The Hall–Kier alpha value is -2.33. The molecule has 0 aliphatic rings. The minimum absolute atomic E-state index is 0.390. The first-order chi connectivity index (χ1) is 11.4. The van der Waals surface area contributed by atoms with Crippen LogP contribution in [0.4, 0.5) is 5.69 Å². The van der Waals surface area contributed by atoms with Gasteiger partial charge in [-0.25, -0.2) is 9.79 Å². The van der Waals surface area contributed by atoms with Crippen molar-refractivity contribution in [1.29, 1.82) is 0 Å². The molecule has 0 aliphatic carbocycles. The topological polar surface area (TPSA) is 41.9 Å². The van der Waals surface area contributed by atoms with Crippen LogP contribution in [0.2, 0.25) is 5.02 Å². The van der Waals surface area contributed by atoms with Crippen molar-refractivity contribution in [2.45, 2.75) is 20.8 Å². The Balaban J connectivity index is 2.21. The van der Waals surface area contributed by atoms with Crippen LogP contribution in [0.3, 0.4) is 0 Å². The second-order valence-electron chi connectivity index (χ2n) is 5.61. The fourth-order valence-electron chi connectivity index (χ4n) is 2.07. The largest absolute Gasteiger partial charge is 0.423 e. The highest BCUT2D eigenvalue weighted by molar-refractivity contribution is 6.30. The lowest BCUT2D eigenvalue weighted by Crippen LogP contribution is -2.14. The Kier molecular flexibility index (Phi) is 5.99. The van der Waals surface area contributed by atoms with Crippen LogP contribution in [0.15, 0.2) is 41.4 Å². The maximum absolute atomic E-state index is 12.4. The molecule has 0 radical (unpaired) electrons. The van der Waals surface area contributed by atoms with Crippen molar-refractivity contribution in [3.8, 4) is 5.75 Å². The lowest BCUT2D eigenvalue weighted by molar-refractivity contribution is 0.0734. The van der Waals surface area contributed by atoms with Crippen molar-refractivity contribution in [3.05, 3.63) is 58.1 Å². The quantitative estimate of drug-likeness (QED) is 0.339. The lowest BCUT2D eigenvalue weighted by atomic mass is 10.0. The Bertz CT molecular complexity index is 755. The average Bonchev–Trinajstić information content (AvgIpc) is 2.56. The summed E-state index contributed by atoms with van der Waals surface area (Å²) in [6, 6.07) is 10.4. The van der Waals surface area contributed by atoms with E-state index >= 15 is 0 Å². The normalized spacial score (nSPS) is 10.9. The summed E-state index contributed by atoms with van der Waals surface area (Å²) in [4.78, 5) is 18.8. The molecule has 0 N–H and O–H groups in total. The van der Waals surface area contributed by atoms with Crippen LogP contribution in [-0.4, -0.2) is 30.8 Å². The van der Waals surface area contributed by atoms with Crippen molar-refractivity contribution in [3.63, 3.8) is 0 Å². The second kappa shape index (κ2) is 7.97. The van der Waals surface area contributed by atoms with Gasteiger partial charge in [-0.3, -0.25) is 0 Å². The molecule has 0 unspecified atom stereocenters. The SMILES string of the molecule is CCN(C)/C=N/c1cc(C)c(C(=O)Oc2ccc(Cl)cc2)cc1C. The number of esters is 1. The van der Waals surface area contributed by atoms with Crippen LogP contribution in [0.1, 0.15) is 28.4 Å². The molecular weight excluding hydrogens is 324 g/mol. The van der Waals surface area contributed by atoms with E-state index in [1.165, 1.54) is 0 Å². The van der Waals surface area contributed by atoms with E-state index in [4.69, 9.17) is 16.3 Å². The smallest absolute Gasteiger partial charge is 0.343 e. The van der Waals surface area contributed by atoms with E-state index in [9.17, 15) is 4.79 Å². The number of aliphatic imine (C=N–C) groups is 1. The van der Waals surface area contributed by atoms with Crippen molar-refractivity contribution < 1.29 is 9.53 Å². The number of rotatable bonds is 5. The molecule has 2 aromatic rings. The molecule has 0 aliphatic heterocycles. The monoisotopic (exact) mass is 344 g/mol. The predicted octanol–water partition coefficient (Wildman–Crippen LogP) is 4.79. The zero-order valence-electron chi connectivity index (χ0n) is 14.3. The molecule has 0 heterocycles. The van der Waals surface area contributed by atoms with Crippen molar-refractivity contribution in [2.75, 3.05) is 13.6 Å². The van der Waals surface area contributed by atoms with Gasteiger partial charge in [-0.15, -0.1) is 0 Å². The molecule has 0 amide bonds. The second-order valence-corrected chi connectivity index (χ2v) is 6.05. The van der Waals surface area contributed by atoms with Gasteiger partial charge in [-0.2, -0.15) is 0 Å². The van der Waals surface area contributed by atoms with E-state index < -0.39 is 0 Å². The van der Waals surface area contributed by atoms with E-state index in [1.807, 2.05) is 37.9 Å². The summed E-state index contributed by atoms with van der Waals surface area (Å²) in [6.45, 7) is 6.74. The minimum atomic E-state index is -0.390. The fourth-order valence-corrected chi connectivity index (χ4v) is 2.19. The molecule has 2 aromatic carbocycles. The highest BCUT2D eigenvalue weighted by atomic mass is 35.5. The summed E-state index contributed by atoms with van der Waals surface area (Å²) in [5.41, 5.74) is 3.12. The molecule has 4 nitrogen and oxygen atoms in total. The number of carbonyl (C=O) groups is 1. The van der Waals surface area contributed by atoms with Gasteiger partial charge in [0.1, 0.15) is 5.75 Å². The van der Waals surface area contributed by atoms with Gasteiger partial charge in [0, 0.05) is 18.6 Å². The van der Waals surface area contributed by atoms with Crippen LogP contribution in [0.5, 0.6) is 5.75 Å². The first-order valence-corrected chi connectivity index (χ1v) is 8.12. The average molecular weight is 345 g/mol. The zero-order chi connectivity index (χ0) is 17.7. The van der Waals surface area contributed by atoms with Gasteiger partial charge >= 0.3 is 5.97 Å². The highest BCUT2D eigenvalue weighted by Gasteiger charge is 2.14. The van der Waals surface area contributed by atoms with E-state index in [2.05, 4.69) is 11.9 Å². The summed E-state index contributed by atoms with van der Waals surface area (Å²) in [6.07, 6.45) is 1.79. The summed E-state index contributed by atoms with van der Waals surface area (Å²) in [5.74, 6) is 0.0762. The summed E-state index contributed by atoms with van der Waals surface area (Å²) < 4.78 is 5.40. The summed E-state index contributed by atoms with van der Waals surface area (Å²) >= 11 is 5.83. The highest BCUT2D eigenvalue weighted by Crippen LogP contribution is 2.25. The van der Waals surface area contributed by atoms with Crippen molar-refractivity contribution in [2.24, 2.45) is 4.99 Å². The van der Waals surface area contributed by atoms with E-state index in [1.54, 1.807) is 30.6 Å². The first kappa shape index (κ1) is 18.0. The number of halogens is 1. The number of aryl methyl sites for hydroxylation is 2. The molecule has 5 heteroatoms. The standard InChI is InChI=1S/C19H21ClN2O2/c1-5-22(4)12-21-18-11-13(2)17(10-14(18)3)19(23)24-16-8-6-15(20)7-9-16/h6-12H,5H2,1-4H3/b21-12+. The summed E-state index contributed by atoms with van der Waals surface area (Å²) in [5, 5.41) is 0.598. The van der Waals surface area contributed by atoms with Crippen molar-refractivity contribution >= 4 is 29.6 Å². The van der Waals surface area contributed by atoms with E-state index in [-0.39, 0.29) is 5.97 Å². The van der Waals surface area contributed by atoms with E-state index in [0.29, 0.717) is 16.3 Å².